The Morgan fingerprint density at radius 2 is 0.319 bits per heavy atom. The SMILES string of the molecule is c1ccc2c(c1)c1ccccc1n2-c1ccc2c(c1)c1cc(-n3c4ccccc4c4ccccc43)ccc1n2-c1ccc(-n2c3ccccc3c3ccccc32)nc1.c1ccc2c(c1)c1ccccc1n2-c1ccc2c(c1)c1cc(-n3c4ccccc4c4ccccc43)ccc1n2-c1ccnc(-n2c3ccccc3c3ccccc32)c1. The second-order valence-corrected chi connectivity index (χ2v) is 30.4. The minimum Gasteiger partial charge on any atom is -0.309 e. The first-order valence-corrected chi connectivity index (χ1v) is 39.6. The van der Waals surface area contributed by atoms with Crippen LogP contribution in [0.5, 0.6) is 0 Å². The molecule has 0 aliphatic heterocycles. The molecule has 26 aromatic rings. The minimum absolute atomic E-state index is 0.883. The standard InChI is InChI=1S/2C53H33N5/c1-7-19-45-37(13-1)38-14-2-8-20-46(38)55(45)34-25-28-51-43(31-34)44-32-35(56-47-21-9-3-15-39(47)40-16-4-10-22-48(40)56)26-29-52(44)57(51)36-27-30-53(54-33-36)58-49-23-11-5-17-41(49)42-18-6-12-24-50(42)58;1-7-19-45-37(13-1)38-14-2-8-20-46(38)55(45)34-25-27-51-43(31-34)44-32-35(56-47-21-9-3-15-39(47)40-16-4-10-22-48(40)56)26-28-52(44)57(51)36-29-30-54-53(33-36)58-49-23-11-5-17-41(49)42-18-6-12-24-50(42)58/h2*1-33H. The lowest BCUT2D eigenvalue weighted by Gasteiger charge is -2.13. The van der Waals surface area contributed by atoms with Gasteiger partial charge in [0.2, 0.25) is 0 Å². The summed E-state index contributed by atoms with van der Waals surface area (Å²) in [6.45, 7) is 0. The van der Waals surface area contributed by atoms with Crippen LogP contribution >= 0.6 is 0 Å². The lowest BCUT2D eigenvalue weighted by atomic mass is 10.1. The van der Waals surface area contributed by atoms with Gasteiger partial charge in [-0.25, -0.2) is 9.97 Å². The van der Waals surface area contributed by atoms with Crippen LogP contribution in [0.3, 0.4) is 0 Å². The van der Waals surface area contributed by atoms with Crippen molar-refractivity contribution >= 4 is 174 Å². The summed E-state index contributed by atoms with van der Waals surface area (Å²) in [6, 6.07) is 141. The maximum atomic E-state index is 5.18. The summed E-state index contributed by atoms with van der Waals surface area (Å²) in [5.41, 5.74) is 25.3. The van der Waals surface area contributed by atoms with Crippen molar-refractivity contribution in [2.45, 2.75) is 0 Å². The van der Waals surface area contributed by atoms with E-state index in [2.05, 4.69) is 425 Å². The Morgan fingerprint density at radius 1 is 0.129 bits per heavy atom. The number of nitrogens with zero attached hydrogens (tertiary/aromatic N) is 10. The highest BCUT2D eigenvalue weighted by molar-refractivity contribution is 6.18. The van der Waals surface area contributed by atoms with Crippen molar-refractivity contribution in [2.24, 2.45) is 0 Å². The quantitative estimate of drug-likeness (QED) is 0.152. The van der Waals surface area contributed by atoms with Crippen LogP contribution in [-0.2, 0) is 0 Å². The Hall–Kier alpha value is -15.8. The van der Waals surface area contributed by atoms with Gasteiger partial charge in [-0.15, -0.1) is 0 Å². The largest absolute Gasteiger partial charge is 0.309 e. The van der Waals surface area contributed by atoms with Crippen LogP contribution < -0.4 is 0 Å². The number of para-hydroxylation sites is 12. The Labute approximate surface area is 663 Å². The average Bonchev–Trinajstić information content (AvgIpc) is 1.57. The molecule has 10 heterocycles. The van der Waals surface area contributed by atoms with Crippen LogP contribution in [0.4, 0.5) is 0 Å². The smallest absolute Gasteiger partial charge is 0.139 e. The van der Waals surface area contributed by atoms with Crippen LogP contribution in [0, 0.1) is 0 Å². The van der Waals surface area contributed by atoms with E-state index in [-0.39, 0.29) is 0 Å². The van der Waals surface area contributed by atoms with Gasteiger partial charge in [0.1, 0.15) is 11.6 Å². The molecule has 0 bridgehead atoms. The predicted molar refractivity (Wildman–Crippen MR) is 483 cm³/mol. The highest BCUT2D eigenvalue weighted by atomic mass is 15.1. The van der Waals surface area contributed by atoms with Gasteiger partial charge in [-0.3, -0.25) is 9.13 Å². The Kier molecular flexibility index (Phi) is 13.7. The van der Waals surface area contributed by atoms with Crippen molar-refractivity contribution in [1.82, 2.24) is 46.5 Å². The monoisotopic (exact) mass is 1480 g/mol. The number of hydrogen-bond donors (Lipinski definition) is 0. The zero-order valence-electron chi connectivity index (χ0n) is 62.6. The van der Waals surface area contributed by atoms with Crippen LogP contribution in [0.15, 0.2) is 401 Å². The topological polar surface area (TPSA) is 65.2 Å². The number of benzene rings is 16. The molecule has 10 aromatic heterocycles. The van der Waals surface area contributed by atoms with Crippen molar-refractivity contribution < 1.29 is 0 Å². The summed E-state index contributed by atoms with van der Waals surface area (Å²) < 4.78 is 19.0. The molecule has 0 radical (unpaired) electrons. The Bertz CT molecular complexity index is 7960. The minimum atomic E-state index is 0.883. The van der Waals surface area contributed by atoms with Crippen LogP contribution in [0.1, 0.15) is 0 Å². The van der Waals surface area contributed by atoms with Crippen LogP contribution in [0.2, 0.25) is 0 Å². The second kappa shape index (κ2) is 24.9. The van der Waals surface area contributed by atoms with Gasteiger partial charge in [0.15, 0.2) is 0 Å². The molecular formula is C106H66N10. The van der Waals surface area contributed by atoms with Gasteiger partial charge < -0.3 is 27.4 Å². The molecule has 0 amide bonds. The van der Waals surface area contributed by atoms with Gasteiger partial charge in [-0.1, -0.05) is 218 Å². The summed E-state index contributed by atoms with van der Waals surface area (Å²) in [5, 5.41) is 19.7. The van der Waals surface area contributed by atoms with E-state index in [9.17, 15) is 0 Å². The summed E-state index contributed by atoms with van der Waals surface area (Å²) in [5.74, 6) is 1.78. The molecule has 26 rings (SSSR count). The molecule has 0 aliphatic rings. The van der Waals surface area contributed by atoms with Gasteiger partial charge in [-0.05, 0) is 164 Å². The molecule has 0 aliphatic carbocycles. The molecule has 0 saturated heterocycles. The number of pyridine rings is 2. The molecule has 540 valence electrons. The fraction of sp³-hybridized carbons (Fsp3) is 0. The molecule has 0 N–H and O–H groups in total. The van der Waals surface area contributed by atoms with Gasteiger partial charge >= 0.3 is 0 Å². The van der Waals surface area contributed by atoms with E-state index in [0.29, 0.717) is 0 Å². The molecule has 0 saturated carbocycles. The molecule has 0 fully saturated rings. The maximum Gasteiger partial charge on any atom is 0.139 e. The summed E-state index contributed by atoms with van der Waals surface area (Å²) in [4.78, 5) is 10.2. The predicted octanol–water partition coefficient (Wildman–Crippen LogP) is 26.9. The van der Waals surface area contributed by atoms with E-state index < -0.39 is 0 Å². The van der Waals surface area contributed by atoms with Crippen molar-refractivity contribution in [3.8, 4) is 45.8 Å². The van der Waals surface area contributed by atoms with E-state index >= 15 is 0 Å². The highest BCUT2D eigenvalue weighted by Gasteiger charge is 2.24. The molecule has 16 aromatic carbocycles. The summed E-state index contributed by atoms with van der Waals surface area (Å²) in [6.07, 6.45) is 3.98. The number of hydrogen-bond acceptors (Lipinski definition) is 2. The lowest BCUT2D eigenvalue weighted by molar-refractivity contribution is 1.05. The Balaban J connectivity index is 0.000000130. The van der Waals surface area contributed by atoms with E-state index in [1.807, 2.05) is 12.4 Å². The maximum absolute atomic E-state index is 5.18. The third-order valence-electron chi connectivity index (χ3n) is 24.4. The fourth-order valence-electron chi connectivity index (χ4n) is 19.6. The van der Waals surface area contributed by atoms with E-state index in [0.717, 1.165) is 89.9 Å². The van der Waals surface area contributed by atoms with E-state index in [1.165, 1.54) is 130 Å². The fourth-order valence-corrected chi connectivity index (χ4v) is 19.6. The third-order valence-corrected chi connectivity index (χ3v) is 24.4. The van der Waals surface area contributed by atoms with Gasteiger partial charge in [0.05, 0.1) is 106 Å². The van der Waals surface area contributed by atoms with Gasteiger partial charge in [-0.2, -0.15) is 0 Å². The van der Waals surface area contributed by atoms with Crippen molar-refractivity contribution in [3.63, 3.8) is 0 Å². The first-order valence-electron chi connectivity index (χ1n) is 39.6. The first-order chi connectivity index (χ1) is 57.6. The number of rotatable bonds is 8. The third kappa shape index (κ3) is 9.28. The van der Waals surface area contributed by atoms with Crippen molar-refractivity contribution in [2.75, 3.05) is 0 Å². The molecule has 116 heavy (non-hydrogen) atoms. The number of aromatic nitrogens is 10. The summed E-state index contributed by atoms with van der Waals surface area (Å²) in [7, 11) is 0. The van der Waals surface area contributed by atoms with E-state index in [1.54, 1.807) is 0 Å². The van der Waals surface area contributed by atoms with Gasteiger partial charge in [0.25, 0.3) is 0 Å². The molecular weight excluding hydrogens is 1410 g/mol. The highest BCUT2D eigenvalue weighted by Crippen LogP contribution is 2.44. The Morgan fingerprint density at radius 3 is 0.552 bits per heavy atom. The summed E-state index contributed by atoms with van der Waals surface area (Å²) >= 11 is 0. The van der Waals surface area contributed by atoms with E-state index in [4.69, 9.17) is 9.97 Å². The molecule has 0 atom stereocenters. The molecule has 10 heteroatoms. The normalized spacial score (nSPS) is 12.1. The first kappa shape index (κ1) is 63.9. The molecule has 0 spiro atoms. The zero-order valence-corrected chi connectivity index (χ0v) is 62.6. The van der Waals surface area contributed by atoms with Crippen LogP contribution in [0.25, 0.3) is 220 Å². The molecule has 0 unspecified atom stereocenters. The molecule has 10 nitrogen and oxygen atoms in total. The number of fused-ring (bicyclic) bond motifs is 24. The lowest BCUT2D eigenvalue weighted by Crippen LogP contribution is -2.01. The second-order valence-electron chi connectivity index (χ2n) is 30.4. The van der Waals surface area contributed by atoms with Crippen molar-refractivity contribution in [3.05, 3.63) is 401 Å². The van der Waals surface area contributed by atoms with Crippen molar-refractivity contribution in [1.29, 1.82) is 0 Å². The average molecular weight is 1480 g/mol. The zero-order chi connectivity index (χ0) is 75.8. The van der Waals surface area contributed by atoms with Gasteiger partial charge in [0, 0.05) is 121 Å². The van der Waals surface area contributed by atoms with Crippen LogP contribution in [-0.4, -0.2) is 46.5 Å².